The maximum Gasteiger partial charge on any atom is -0.0324 e. The molecule has 0 aromatic carbocycles. The van der Waals surface area contributed by atoms with E-state index >= 15 is 0 Å². The summed E-state index contributed by atoms with van der Waals surface area (Å²) in [6.07, 6.45) is 26.7. The highest BCUT2D eigenvalue weighted by atomic mass is 14.2. The van der Waals surface area contributed by atoms with Gasteiger partial charge in [-0.05, 0) is 18.3 Å². The van der Waals surface area contributed by atoms with Crippen molar-refractivity contribution < 1.29 is 0 Å². The highest BCUT2D eigenvalue weighted by Crippen LogP contribution is 2.31. The van der Waals surface area contributed by atoms with Crippen LogP contribution in [0.3, 0.4) is 0 Å². The van der Waals surface area contributed by atoms with E-state index in [4.69, 9.17) is 0 Å². The van der Waals surface area contributed by atoms with Crippen molar-refractivity contribution in [1.82, 2.24) is 0 Å². The molecule has 2 aliphatic rings. The predicted molar refractivity (Wildman–Crippen MR) is 85.2 cm³/mol. The molecule has 0 aliphatic heterocycles. The van der Waals surface area contributed by atoms with Gasteiger partial charge in [0.15, 0.2) is 0 Å². The summed E-state index contributed by atoms with van der Waals surface area (Å²) in [6.45, 7) is 0. The minimum absolute atomic E-state index is 0.962. The Balaban J connectivity index is 1.74. The van der Waals surface area contributed by atoms with Crippen molar-refractivity contribution in [3.63, 3.8) is 0 Å². The van der Waals surface area contributed by atoms with Crippen molar-refractivity contribution in [2.24, 2.45) is 11.8 Å². The van der Waals surface area contributed by atoms with E-state index in [9.17, 15) is 0 Å². The third-order valence-corrected chi connectivity index (χ3v) is 5.34. The van der Waals surface area contributed by atoms with Crippen LogP contribution < -0.4 is 0 Å². The highest BCUT2D eigenvalue weighted by Gasteiger charge is 2.18. The third-order valence-electron chi connectivity index (χ3n) is 5.34. The summed E-state index contributed by atoms with van der Waals surface area (Å²) < 4.78 is 0. The lowest BCUT2D eigenvalue weighted by atomic mass is 9.83. The average Bonchev–Trinajstić information content (AvgIpc) is 2.62. The molecular formula is C19H35. The Kier molecular flexibility index (Phi) is 7.97. The van der Waals surface area contributed by atoms with Crippen LogP contribution in [0, 0.1) is 18.3 Å². The normalized spacial score (nSPS) is 26.5. The van der Waals surface area contributed by atoms with Crippen LogP contribution in [0.15, 0.2) is 0 Å². The van der Waals surface area contributed by atoms with Crippen molar-refractivity contribution in [2.75, 3.05) is 0 Å². The Morgan fingerprint density at radius 3 is 0.947 bits per heavy atom. The molecule has 2 saturated carbocycles. The van der Waals surface area contributed by atoms with E-state index in [2.05, 4.69) is 6.42 Å². The minimum atomic E-state index is 0.962. The molecule has 2 aliphatic carbocycles. The fraction of sp³-hybridized carbons (Fsp3) is 0.947. The standard InChI is InChI=1S/C19H35/c1-2-6-10-14-18(13-9-5-1)17-19-15-11-7-3-4-8-12-16-19/h17-19H,1-16H2. The number of hydrogen-bond donors (Lipinski definition) is 0. The Morgan fingerprint density at radius 1 is 0.368 bits per heavy atom. The molecule has 1 radical (unpaired) electrons. The third kappa shape index (κ3) is 6.82. The predicted octanol–water partition coefficient (Wildman–Crippen LogP) is 6.69. The summed E-state index contributed by atoms with van der Waals surface area (Å²) in [5.74, 6) is 1.92. The molecule has 111 valence electrons. The molecule has 0 heteroatoms. The first-order valence-electron chi connectivity index (χ1n) is 9.30. The molecular weight excluding hydrogens is 228 g/mol. The smallest absolute Gasteiger partial charge is 0.0324 e. The van der Waals surface area contributed by atoms with Gasteiger partial charge < -0.3 is 0 Å². The van der Waals surface area contributed by atoms with E-state index in [1.54, 1.807) is 0 Å². The summed E-state index contributed by atoms with van der Waals surface area (Å²) in [5.41, 5.74) is 0. The van der Waals surface area contributed by atoms with Gasteiger partial charge in [-0.25, -0.2) is 0 Å². The van der Waals surface area contributed by atoms with Crippen molar-refractivity contribution in [3.8, 4) is 0 Å². The summed E-state index contributed by atoms with van der Waals surface area (Å²) in [7, 11) is 0. The van der Waals surface area contributed by atoms with E-state index in [0.29, 0.717) is 0 Å². The van der Waals surface area contributed by atoms with Crippen molar-refractivity contribution in [3.05, 3.63) is 6.42 Å². The van der Waals surface area contributed by atoms with Gasteiger partial charge in [0, 0.05) is 0 Å². The molecule has 0 nitrogen and oxygen atoms in total. The van der Waals surface area contributed by atoms with Crippen LogP contribution in [0.4, 0.5) is 0 Å². The first-order valence-corrected chi connectivity index (χ1v) is 9.30. The topological polar surface area (TPSA) is 0 Å². The van der Waals surface area contributed by atoms with Crippen LogP contribution in [0.5, 0.6) is 0 Å². The molecule has 2 rings (SSSR count). The van der Waals surface area contributed by atoms with E-state index in [1.165, 1.54) is 103 Å². The van der Waals surface area contributed by atoms with Gasteiger partial charge >= 0.3 is 0 Å². The quantitative estimate of drug-likeness (QED) is 0.520. The summed E-state index contributed by atoms with van der Waals surface area (Å²) in [4.78, 5) is 0. The van der Waals surface area contributed by atoms with Crippen LogP contribution in [0.1, 0.15) is 103 Å². The van der Waals surface area contributed by atoms with Gasteiger partial charge in [0.25, 0.3) is 0 Å². The Bertz CT molecular complexity index is 166. The van der Waals surface area contributed by atoms with Gasteiger partial charge in [0.1, 0.15) is 0 Å². The first kappa shape index (κ1) is 15.4. The Hall–Kier alpha value is 0. The fourth-order valence-electron chi connectivity index (χ4n) is 4.10. The van der Waals surface area contributed by atoms with Crippen molar-refractivity contribution >= 4 is 0 Å². The van der Waals surface area contributed by atoms with Crippen LogP contribution in [0.25, 0.3) is 0 Å². The minimum Gasteiger partial charge on any atom is -0.0533 e. The highest BCUT2D eigenvalue weighted by molar-refractivity contribution is 4.84. The van der Waals surface area contributed by atoms with Gasteiger partial charge in [-0.3, -0.25) is 0 Å². The van der Waals surface area contributed by atoms with Gasteiger partial charge in [-0.15, -0.1) is 0 Å². The molecule has 0 unspecified atom stereocenters. The number of rotatable bonds is 2. The summed E-state index contributed by atoms with van der Waals surface area (Å²) in [6, 6.07) is 0. The van der Waals surface area contributed by atoms with Gasteiger partial charge in [-0.2, -0.15) is 0 Å². The Labute approximate surface area is 121 Å². The van der Waals surface area contributed by atoms with Crippen LogP contribution in [0.2, 0.25) is 0 Å². The largest absolute Gasteiger partial charge is 0.0533 e. The molecule has 0 heterocycles. The summed E-state index contributed by atoms with van der Waals surface area (Å²) >= 11 is 0. The van der Waals surface area contributed by atoms with Gasteiger partial charge in [0.05, 0.1) is 0 Å². The molecule has 0 aromatic rings. The molecule has 0 saturated heterocycles. The lowest BCUT2D eigenvalue weighted by Gasteiger charge is -2.23. The van der Waals surface area contributed by atoms with E-state index in [1.807, 2.05) is 0 Å². The molecule has 0 bridgehead atoms. The average molecular weight is 263 g/mol. The number of hydrogen-bond acceptors (Lipinski definition) is 0. The van der Waals surface area contributed by atoms with Crippen molar-refractivity contribution in [1.29, 1.82) is 0 Å². The van der Waals surface area contributed by atoms with E-state index < -0.39 is 0 Å². The van der Waals surface area contributed by atoms with Crippen molar-refractivity contribution in [2.45, 2.75) is 103 Å². The SMILES string of the molecule is [CH](C1CCCCCCCC1)C1CCCCCCCC1. The zero-order valence-corrected chi connectivity index (χ0v) is 13.0. The maximum atomic E-state index is 2.82. The fourth-order valence-corrected chi connectivity index (χ4v) is 4.10. The lowest BCUT2D eigenvalue weighted by molar-refractivity contribution is 0.384. The molecule has 0 amide bonds. The molecule has 19 heavy (non-hydrogen) atoms. The van der Waals surface area contributed by atoms with Gasteiger partial charge in [0.2, 0.25) is 0 Å². The molecule has 2 fully saturated rings. The van der Waals surface area contributed by atoms with Gasteiger partial charge in [-0.1, -0.05) is 103 Å². The monoisotopic (exact) mass is 263 g/mol. The van der Waals surface area contributed by atoms with Crippen LogP contribution in [-0.2, 0) is 0 Å². The van der Waals surface area contributed by atoms with Crippen LogP contribution in [-0.4, -0.2) is 0 Å². The zero-order valence-electron chi connectivity index (χ0n) is 13.0. The first-order chi connectivity index (χ1) is 9.45. The maximum absolute atomic E-state index is 2.82. The summed E-state index contributed by atoms with van der Waals surface area (Å²) in [5, 5.41) is 0. The molecule has 0 spiro atoms. The van der Waals surface area contributed by atoms with E-state index in [0.717, 1.165) is 11.8 Å². The second kappa shape index (κ2) is 9.83. The zero-order chi connectivity index (χ0) is 13.2. The van der Waals surface area contributed by atoms with E-state index in [-0.39, 0.29) is 0 Å². The lowest BCUT2D eigenvalue weighted by Crippen LogP contribution is -2.11. The molecule has 0 aromatic heterocycles. The van der Waals surface area contributed by atoms with Crippen LogP contribution >= 0.6 is 0 Å². The molecule has 0 atom stereocenters. The second-order valence-electron chi connectivity index (χ2n) is 7.11. The second-order valence-corrected chi connectivity index (χ2v) is 7.11. The Morgan fingerprint density at radius 2 is 0.632 bits per heavy atom. The molecule has 0 N–H and O–H groups in total.